The zero-order valence-electron chi connectivity index (χ0n) is 16.4. The Morgan fingerprint density at radius 1 is 1.16 bits per heavy atom. The summed E-state index contributed by atoms with van der Waals surface area (Å²) in [5.41, 5.74) is 8.85. The monoisotopic (exact) mass is 425 g/mol. The number of nitrogens with zero attached hydrogens (tertiary/aromatic N) is 3. The van der Waals surface area contributed by atoms with E-state index in [1.165, 1.54) is 30.3 Å². The first-order valence-corrected chi connectivity index (χ1v) is 9.58. The molecule has 160 valence electrons. The molecule has 0 radical (unpaired) electrons. The quantitative estimate of drug-likeness (QED) is 0.329. The van der Waals surface area contributed by atoms with Crippen molar-refractivity contribution in [3.05, 3.63) is 68.6 Å². The van der Waals surface area contributed by atoms with E-state index in [4.69, 9.17) is 15.0 Å². The number of aliphatic hydroxyl groups excluding tert-OH is 1. The van der Waals surface area contributed by atoms with Gasteiger partial charge in [0.15, 0.2) is 12.1 Å². The van der Waals surface area contributed by atoms with Crippen molar-refractivity contribution in [1.82, 2.24) is 0 Å². The summed E-state index contributed by atoms with van der Waals surface area (Å²) in [7, 11) is 0. The number of aliphatic hydroxyl groups is 1. The number of ketones is 2. The molecule has 31 heavy (non-hydrogen) atoms. The Morgan fingerprint density at radius 2 is 1.90 bits per heavy atom. The Bertz CT molecular complexity index is 1130. The van der Waals surface area contributed by atoms with Crippen LogP contribution >= 0.6 is 0 Å². The van der Waals surface area contributed by atoms with E-state index in [1.807, 2.05) is 0 Å². The summed E-state index contributed by atoms with van der Waals surface area (Å²) >= 11 is 0. The van der Waals surface area contributed by atoms with Gasteiger partial charge in [-0.3, -0.25) is 9.59 Å². The molecular weight excluding hydrogens is 406 g/mol. The highest BCUT2D eigenvalue weighted by Crippen LogP contribution is 2.37. The molecule has 2 aliphatic rings. The molecule has 0 saturated carbocycles. The third-order valence-electron chi connectivity index (χ3n) is 5.47. The van der Waals surface area contributed by atoms with E-state index in [0.717, 1.165) is 0 Å². The van der Waals surface area contributed by atoms with E-state index >= 15 is 0 Å². The highest BCUT2D eigenvalue weighted by molar-refractivity contribution is 6.30. The lowest BCUT2D eigenvalue weighted by atomic mass is 9.82. The number of aromatic hydroxyl groups is 2. The minimum Gasteiger partial charge on any atom is -0.507 e. The number of azide groups is 1. The predicted octanol–water partition coefficient (Wildman–Crippen LogP) is 2.56. The predicted molar refractivity (Wildman–Crippen MR) is 106 cm³/mol. The van der Waals surface area contributed by atoms with Crippen LogP contribution in [-0.2, 0) is 16.1 Å². The second-order valence-electron chi connectivity index (χ2n) is 7.48. The topological polar surface area (TPSA) is 162 Å². The first-order valence-electron chi connectivity index (χ1n) is 9.58. The average Bonchev–Trinajstić information content (AvgIpc) is 2.73. The van der Waals surface area contributed by atoms with E-state index < -0.39 is 41.9 Å². The van der Waals surface area contributed by atoms with Gasteiger partial charge in [-0.05, 0) is 36.2 Å². The van der Waals surface area contributed by atoms with Gasteiger partial charge in [0.05, 0.1) is 36.0 Å². The van der Waals surface area contributed by atoms with Crippen LogP contribution in [0.4, 0.5) is 0 Å². The third-order valence-corrected chi connectivity index (χ3v) is 5.47. The van der Waals surface area contributed by atoms with Crippen molar-refractivity contribution < 1.29 is 34.4 Å². The Balaban J connectivity index is 1.58. The molecule has 2 aromatic carbocycles. The maximum absolute atomic E-state index is 12.9. The molecular formula is C21H19N3O7. The molecule has 1 fully saturated rings. The molecule has 10 heteroatoms. The number of benzene rings is 2. The Kier molecular flexibility index (Phi) is 5.38. The Morgan fingerprint density at radius 3 is 2.65 bits per heavy atom. The van der Waals surface area contributed by atoms with Crippen LogP contribution < -0.4 is 0 Å². The number of ether oxygens (including phenoxy) is 2. The second-order valence-corrected chi connectivity index (χ2v) is 7.48. The minimum absolute atomic E-state index is 0.0157. The van der Waals surface area contributed by atoms with Crippen molar-refractivity contribution in [3.8, 4) is 11.5 Å². The zero-order valence-corrected chi connectivity index (χ0v) is 16.4. The van der Waals surface area contributed by atoms with Gasteiger partial charge in [0.2, 0.25) is 5.78 Å². The molecule has 1 heterocycles. The SMILES string of the molecule is CC1O[C@H](OCc2cc(O)c3c(c2)C(=O)c2cccc(O)c2C3=O)C[C@@H](N=[N+]=[N-])[C@H]1O. The maximum Gasteiger partial charge on any atom is 0.201 e. The first-order chi connectivity index (χ1) is 14.8. The van der Waals surface area contributed by atoms with Gasteiger partial charge in [0.25, 0.3) is 0 Å². The fourth-order valence-electron chi connectivity index (χ4n) is 3.93. The van der Waals surface area contributed by atoms with Crippen molar-refractivity contribution in [2.24, 2.45) is 5.11 Å². The lowest BCUT2D eigenvalue weighted by molar-refractivity contribution is -0.226. The van der Waals surface area contributed by atoms with Gasteiger partial charge in [-0.2, -0.15) is 0 Å². The van der Waals surface area contributed by atoms with Crippen LogP contribution in [0.1, 0.15) is 50.8 Å². The molecule has 0 bridgehead atoms. The Labute approximate surface area is 176 Å². The molecule has 0 amide bonds. The fraction of sp³-hybridized carbons (Fsp3) is 0.333. The van der Waals surface area contributed by atoms with E-state index in [-0.39, 0.29) is 41.0 Å². The molecule has 4 rings (SSSR count). The van der Waals surface area contributed by atoms with E-state index in [1.54, 1.807) is 6.92 Å². The van der Waals surface area contributed by atoms with Gasteiger partial charge in [0, 0.05) is 22.5 Å². The van der Waals surface area contributed by atoms with E-state index in [0.29, 0.717) is 5.56 Å². The highest BCUT2D eigenvalue weighted by Gasteiger charge is 2.36. The van der Waals surface area contributed by atoms with Crippen molar-refractivity contribution in [1.29, 1.82) is 0 Å². The second kappa shape index (κ2) is 8.01. The molecule has 0 aromatic heterocycles. The van der Waals surface area contributed by atoms with Crippen molar-refractivity contribution in [2.45, 2.75) is 44.5 Å². The lowest BCUT2D eigenvalue weighted by Crippen LogP contribution is -2.46. The van der Waals surface area contributed by atoms with E-state index in [2.05, 4.69) is 10.0 Å². The molecule has 0 spiro atoms. The number of carbonyl (C=O) groups is 2. The molecule has 10 nitrogen and oxygen atoms in total. The van der Waals surface area contributed by atoms with Gasteiger partial charge in [-0.15, -0.1) is 0 Å². The summed E-state index contributed by atoms with van der Waals surface area (Å²) in [6.07, 6.45) is -2.21. The highest BCUT2D eigenvalue weighted by atomic mass is 16.7. The number of hydrogen-bond acceptors (Lipinski definition) is 8. The number of carbonyl (C=O) groups excluding carboxylic acids is 2. The maximum atomic E-state index is 12.9. The number of rotatable bonds is 4. The molecule has 1 aliphatic heterocycles. The van der Waals surface area contributed by atoms with Gasteiger partial charge in [-0.25, -0.2) is 0 Å². The van der Waals surface area contributed by atoms with Crippen molar-refractivity contribution in [2.75, 3.05) is 0 Å². The fourth-order valence-corrected chi connectivity index (χ4v) is 3.93. The normalized spacial score (nSPS) is 24.8. The molecule has 1 unspecified atom stereocenters. The van der Waals surface area contributed by atoms with Gasteiger partial charge >= 0.3 is 0 Å². The van der Waals surface area contributed by atoms with Crippen LogP contribution in [0.5, 0.6) is 11.5 Å². The van der Waals surface area contributed by atoms with Crippen LogP contribution in [-0.4, -0.2) is 51.4 Å². The minimum atomic E-state index is -0.955. The number of phenolic OH excluding ortho intramolecular Hbond substituents is 2. The molecule has 1 aliphatic carbocycles. The molecule has 1 saturated heterocycles. The molecule has 2 aromatic rings. The van der Waals surface area contributed by atoms with Crippen LogP contribution in [0.15, 0.2) is 35.4 Å². The number of fused-ring (bicyclic) bond motifs is 2. The molecule has 4 atom stereocenters. The zero-order chi connectivity index (χ0) is 22.3. The van der Waals surface area contributed by atoms with Crippen LogP contribution in [0.2, 0.25) is 0 Å². The third kappa shape index (κ3) is 3.62. The summed E-state index contributed by atoms with van der Waals surface area (Å²) < 4.78 is 11.3. The number of phenols is 2. The summed E-state index contributed by atoms with van der Waals surface area (Å²) in [5.74, 6) is -1.85. The van der Waals surface area contributed by atoms with Gasteiger partial charge in [0.1, 0.15) is 11.5 Å². The lowest BCUT2D eigenvalue weighted by Gasteiger charge is -2.35. The summed E-state index contributed by atoms with van der Waals surface area (Å²) in [6, 6.07) is 6.26. The van der Waals surface area contributed by atoms with Gasteiger partial charge < -0.3 is 24.8 Å². The Hall–Kier alpha value is -3.43. The van der Waals surface area contributed by atoms with E-state index in [9.17, 15) is 24.9 Å². The molecule has 3 N–H and O–H groups in total. The van der Waals surface area contributed by atoms with Crippen molar-refractivity contribution >= 4 is 11.6 Å². The van der Waals surface area contributed by atoms with Crippen LogP contribution in [0.3, 0.4) is 0 Å². The summed E-state index contributed by atoms with van der Waals surface area (Å²) in [5, 5.41) is 34.0. The smallest absolute Gasteiger partial charge is 0.201 e. The first kappa shape index (κ1) is 20.8. The largest absolute Gasteiger partial charge is 0.507 e. The van der Waals surface area contributed by atoms with Crippen LogP contribution in [0.25, 0.3) is 10.4 Å². The summed E-state index contributed by atoms with van der Waals surface area (Å²) in [6.45, 7) is 1.56. The average molecular weight is 425 g/mol. The number of hydrogen-bond donors (Lipinski definition) is 3. The van der Waals surface area contributed by atoms with Crippen molar-refractivity contribution in [3.63, 3.8) is 0 Å². The van der Waals surface area contributed by atoms with Gasteiger partial charge in [-0.1, -0.05) is 17.2 Å². The van der Waals surface area contributed by atoms with Crippen LogP contribution in [0, 0.1) is 0 Å². The standard InChI is InChI=1S/C21H19N3O7/c1-9-19(27)13(23-24-22)7-16(31-9)30-8-10-5-12-18(15(26)6-10)21(29)17-11(20(12)28)3-2-4-14(17)25/h2-6,9,13,16,19,25-27H,7-8H2,1H3/t9?,13-,16+,19+/m1/s1. The summed E-state index contributed by atoms with van der Waals surface area (Å²) in [4.78, 5) is 28.4.